The molecule has 1 unspecified atom stereocenters. The molecule has 2 amide bonds. The lowest BCUT2D eigenvalue weighted by atomic mass is 10.2. The number of nitrogens with one attached hydrogen (secondary N) is 1. The highest BCUT2D eigenvalue weighted by Gasteiger charge is 2.31. The Balaban J connectivity index is 1.69. The molecule has 1 saturated heterocycles. The van der Waals surface area contributed by atoms with Gasteiger partial charge >= 0.3 is 6.03 Å². The van der Waals surface area contributed by atoms with Crippen LogP contribution in [0.2, 0.25) is 0 Å². The van der Waals surface area contributed by atoms with Crippen molar-refractivity contribution in [3.05, 3.63) is 59.7 Å². The molecule has 1 heterocycles. The van der Waals surface area contributed by atoms with E-state index in [1.165, 1.54) is 0 Å². The van der Waals surface area contributed by atoms with Gasteiger partial charge in [-0.1, -0.05) is 49.7 Å². The number of urea groups is 1. The fourth-order valence-electron chi connectivity index (χ4n) is 3.12. The van der Waals surface area contributed by atoms with Crippen LogP contribution in [0.25, 0.3) is 0 Å². The summed E-state index contributed by atoms with van der Waals surface area (Å²) in [6.07, 6.45) is 2.07. The largest absolute Gasteiger partial charge is 0.493 e. The molecule has 0 saturated carbocycles. The van der Waals surface area contributed by atoms with Gasteiger partial charge in [-0.2, -0.15) is 0 Å². The van der Waals surface area contributed by atoms with E-state index in [0.29, 0.717) is 18.1 Å². The average Bonchev–Trinajstić information content (AvgIpc) is 3.23. The normalized spacial score (nSPS) is 16.1. The minimum absolute atomic E-state index is 0.00120. The highest BCUT2D eigenvalue weighted by atomic mass is 32.2. The Labute approximate surface area is 171 Å². The third kappa shape index (κ3) is 5.13. The van der Waals surface area contributed by atoms with E-state index in [9.17, 15) is 4.79 Å². The van der Waals surface area contributed by atoms with E-state index in [0.717, 1.165) is 42.8 Å². The van der Waals surface area contributed by atoms with Gasteiger partial charge in [0.05, 0.1) is 7.11 Å². The van der Waals surface area contributed by atoms with Gasteiger partial charge in [0, 0.05) is 18.8 Å². The van der Waals surface area contributed by atoms with E-state index in [1.807, 2.05) is 53.4 Å². The molecule has 0 radical (unpaired) electrons. The van der Waals surface area contributed by atoms with Crippen LogP contribution in [0.15, 0.2) is 48.5 Å². The minimum atomic E-state index is -0.00120. The summed E-state index contributed by atoms with van der Waals surface area (Å²) in [6, 6.07) is 16.0. The smallest absolute Gasteiger partial charge is 0.318 e. The van der Waals surface area contributed by atoms with Crippen LogP contribution in [0.5, 0.6) is 11.5 Å². The van der Waals surface area contributed by atoms with Crippen LogP contribution in [0.3, 0.4) is 0 Å². The van der Waals surface area contributed by atoms with Crippen molar-refractivity contribution in [2.24, 2.45) is 0 Å². The van der Waals surface area contributed by atoms with Crippen molar-refractivity contribution in [1.82, 2.24) is 10.2 Å². The van der Waals surface area contributed by atoms with E-state index >= 15 is 0 Å². The van der Waals surface area contributed by atoms with E-state index in [2.05, 4.69) is 12.2 Å². The molecular weight excluding hydrogens is 372 g/mol. The number of methoxy groups -OCH3 is 1. The molecule has 5 nitrogen and oxygen atoms in total. The number of amides is 2. The van der Waals surface area contributed by atoms with Gasteiger partial charge in [0.1, 0.15) is 12.0 Å². The second-order valence-corrected chi connectivity index (χ2v) is 7.87. The van der Waals surface area contributed by atoms with Crippen molar-refractivity contribution in [3.8, 4) is 11.5 Å². The van der Waals surface area contributed by atoms with Crippen molar-refractivity contribution in [2.75, 3.05) is 26.0 Å². The van der Waals surface area contributed by atoms with Crippen LogP contribution in [0.4, 0.5) is 4.79 Å². The second kappa shape index (κ2) is 10.3. The number of carbonyl (C=O) groups excluding carboxylic acids is 1. The van der Waals surface area contributed by atoms with E-state index in [4.69, 9.17) is 9.47 Å². The molecule has 1 aliphatic rings. The highest BCUT2D eigenvalue weighted by Crippen LogP contribution is 2.41. The monoisotopic (exact) mass is 400 g/mol. The first-order valence-electron chi connectivity index (χ1n) is 9.73. The zero-order chi connectivity index (χ0) is 19.8. The SMILES string of the molecule is CCCCNC(=O)N1CCSC1c1ccc(OCc2ccccc2)c(OC)c1. The first-order chi connectivity index (χ1) is 13.7. The molecule has 1 aliphatic heterocycles. The number of rotatable bonds is 8. The molecule has 3 rings (SSSR count). The fraction of sp³-hybridized carbons (Fsp3) is 0.409. The van der Waals surface area contributed by atoms with Gasteiger partial charge in [0.25, 0.3) is 0 Å². The third-order valence-electron chi connectivity index (χ3n) is 4.67. The van der Waals surface area contributed by atoms with Crippen molar-refractivity contribution >= 4 is 17.8 Å². The Morgan fingerprint density at radius 1 is 1.21 bits per heavy atom. The number of benzene rings is 2. The summed E-state index contributed by atoms with van der Waals surface area (Å²) in [5.74, 6) is 2.32. The number of unbranched alkanes of at least 4 members (excludes halogenated alkanes) is 1. The van der Waals surface area contributed by atoms with E-state index in [-0.39, 0.29) is 11.4 Å². The Morgan fingerprint density at radius 3 is 2.79 bits per heavy atom. The topological polar surface area (TPSA) is 50.8 Å². The number of hydrogen-bond acceptors (Lipinski definition) is 4. The van der Waals surface area contributed by atoms with Crippen molar-refractivity contribution < 1.29 is 14.3 Å². The predicted molar refractivity (Wildman–Crippen MR) is 114 cm³/mol. The predicted octanol–water partition coefficient (Wildman–Crippen LogP) is 4.83. The molecule has 150 valence electrons. The number of thioether (sulfide) groups is 1. The van der Waals surface area contributed by atoms with E-state index < -0.39 is 0 Å². The maximum Gasteiger partial charge on any atom is 0.318 e. The van der Waals surface area contributed by atoms with Crippen LogP contribution >= 0.6 is 11.8 Å². The molecule has 6 heteroatoms. The summed E-state index contributed by atoms with van der Waals surface area (Å²) in [4.78, 5) is 14.4. The highest BCUT2D eigenvalue weighted by molar-refractivity contribution is 7.99. The van der Waals surface area contributed by atoms with Crippen molar-refractivity contribution in [3.63, 3.8) is 0 Å². The van der Waals surface area contributed by atoms with Crippen molar-refractivity contribution in [1.29, 1.82) is 0 Å². The molecule has 0 spiro atoms. The Morgan fingerprint density at radius 2 is 2.04 bits per heavy atom. The third-order valence-corrected chi connectivity index (χ3v) is 5.93. The molecule has 0 bridgehead atoms. The van der Waals surface area contributed by atoms with Crippen LogP contribution in [0, 0.1) is 0 Å². The molecular formula is C22H28N2O3S. The summed E-state index contributed by atoms with van der Waals surface area (Å²) in [6.45, 7) is 4.08. The van der Waals surface area contributed by atoms with Crippen molar-refractivity contribution in [2.45, 2.75) is 31.7 Å². The number of ether oxygens (including phenoxy) is 2. The number of carbonyl (C=O) groups is 1. The van der Waals surface area contributed by atoms with Gasteiger partial charge in [-0.05, 0) is 29.7 Å². The molecule has 28 heavy (non-hydrogen) atoms. The zero-order valence-electron chi connectivity index (χ0n) is 16.5. The Kier molecular flexibility index (Phi) is 7.48. The Bertz CT molecular complexity index is 770. The maximum absolute atomic E-state index is 12.5. The summed E-state index contributed by atoms with van der Waals surface area (Å²) >= 11 is 1.78. The van der Waals surface area contributed by atoms with Crippen LogP contribution in [0.1, 0.15) is 36.3 Å². The summed E-state index contributed by atoms with van der Waals surface area (Å²) in [5.41, 5.74) is 2.16. The van der Waals surface area contributed by atoms with Gasteiger partial charge in [0.2, 0.25) is 0 Å². The second-order valence-electron chi connectivity index (χ2n) is 6.69. The molecule has 1 N–H and O–H groups in total. The zero-order valence-corrected chi connectivity index (χ0v) is 17.3. The maximum atomic E-state index is 12.5. The lowest BCUT2D eigenvalue weighted by molar-refractivity contribution is 0.200. The summed E-state index contributed by atoms with van der Waals surface area (Å²) in [7, 11) is 1.64. The first kappa shape index (κ1) is 20.4. The quantitative estimate of drug-likeness (QED) is 0.645. The molecule has 1 atom stereocenters. The molecule has 2 aromatic rings. The fourth-order valence-corrected chi connectivity index (χ4v) is 4.37. The minimum Gasteiger partial charge on any atom is -0.493 e. The van der Waals surface area contributed by atoms with Gasteiger partial charge < -0.3 is 19.7 Å². The lowest BCUT2D eigenvalue weighted by Gasteiger charge is -2.25. The lowest BCUT2D eigenvalue weighted by Crippen LogP contribution is -2.39. The number of nitrogens with zero attached hydrogens (tertiary/aromatic N) is 1. The molecule has 2 aromatic carbocycles. The Hall–Kier alpha value is -2.34. The van der Waals surface area contributed by atoms with E-state index in [1.54, 1.807) is 18.9 Å². The first-order valence-corrected chi connectivity index (χ1v) is 10.8. The average molecular weight is 401 g/mol. The summed E-state index contributed by atoms with van der Waals surface area (Å²) in [5, 5.41) is 3.02. The molecule has 0 aliphatic carbocycles. The van der Waals surface area contributed by atoms with Crippen LogP contribution < -0.4 is 14.8 Å². The van der Waals surface area contributed by atoms with Crippen LogP contribution in [-0.2, 0) is 6.61 Å². The van der Waals surface area contributed by atoms with Gasteiger partial charge in [-0.15, -0.1) is 11.8 Å². The molecule has 1 fully saturated rings. The van der Waals surface area contributed by atoms with Crippen LogP contribution in [-0.4, -0.2) is 36.9 Å². The molecule has 0 aromatic heterocycles. The van der Waals surface area contributed by atoms with Gasteiger partial charge in [0.15, 0.2) is 11.5 Å². The summed E-state index contributed by atoms with van der Waals surface area (Å²) < 4.78 is 11.5. The number of hydrogen-bond donors (Lipinski definition) is 1. The van der Waals surface area contributed by atoms with Gasteiger partial charge in [-0.25, -0.2) is 4.79 Å². The van der Waals surface area contributed by atoms with Gasteiger partial charge in [-0.3, -0.25) is 0 Å². The standard InChI is InChI=1S/C22H28N2O3S/c1-3-4-12-23-22(25)24-13-14-28-21(24)18-10-11-19(20(15-18)26-2)27-16-17-8-6-5-7-9-17/h5-11,15,21H,3-4,12-14,16H2,1-2H3,(H,23,25).